The summed E-state index contributed by atoms with van der Waals surface area (Å²) in [4.78, 5) is 23.3. The molecular weight excluding hydrogens is 220 g/mol. The highest BCUT2D eigenvalue weighted by molar-refractivity contribution is 5.88. The number of carbonyl (C=O) groups excluding carboxylic acids is 2. The van der Waals surface area contributed by atoms with Gasteiger partial charge in [0.15, 0.2) is 0 Å². The highest BCUT2D eigenvalue weighted by atomic mass is 16.6. The Hall–Kier alpha value is -1.26. The number of nitrogens with one attached hydrogen (secondary N) is 2. The van der Waals surface area contributed by atoms with Crippen molar-refractivity contribution in [1.82, 2.24) is 10.6 Å². The van der Waals surface area contributed by atoms with Crippen molar-refractivity contribution in [1.29, 1.82) is 0 Å². The standard InChI is InChI=1S/C12H20N2O3/c1-12(2,3)17-11(16)14-9-7-5-4-6-8(7)13-10(9)15/h7-9H,4-6H2,1-3H3,(H,13,15)(H,14,16)/t7-,8+,9-/m1/s1. The van der Waals surface area contributed by atoms with Gasteiger partial charge in [-0.25, -0.2) is 4.79 Å². The Labute approximate surface area is 101 Å². The summed E-state index contributed by atoms with van der Waals surface area (Å²) < 4.78 is 5.17. The summed E-state index contributed by atoms with van der Waals surface area (Å²) in [7, 11) is 0. The zero-order chi connectivity index (χ0) is 12.6. The Morgan fingerprint density at radius 2 is 2.12 bits per heavy atom. The minimum atomic E-state index is -0.533. The lowest BCUT2D eigenvalue weighted by molar-refractivity contribution is -0.121. The second-order valence-electron chi connectivity index (χ2n) is 5.83. The van der Waals surface area contributed by atoms with Gasteiger partial charge in [-0.1, -0.05) is 6.42 Å². The Balaban J connectivity index is 1.94. The first-order chi connectivity index (χ1) is 7.87. The van der Waals surface area contributed by atoms with Gasteiger partial charge in [0.25, 0.3) is 0 Å². The van der Waals surface area contributed by atoms with Crippen molar-refractivity contribution < 1.29 is 14.3 Å². The van der Waals surface area contributed by atoms with Gasteiger partial charge in [0, 0.05) is 12.0 Å². The minimum Gasteiger partial charge on any atom is -0.444 e. The maximum Gasteiger partial charge on any atom is 0.408 e. The molecule has 2 aliphatic rings. The van der Waals surface area contributed by atoms with Crippen LogP contribution in [0, 0.1) is 5.92 Å². The van der Waals surface area contributed by atoms with Crippen LogP contribution < -0.4 is 10.6 Å². The fourth-order valence-corrected chi connectivity index (χ4v) is 2.64. The third-order valence-electron chi connectivity index (χ3n) is 3.28. The van der Waals surface area contributed by atoms with Gasteiger partial charge in [-0.05, 0) is 33.6 Å². The number of carbonyl (C=O) groups is 2. The molecule has 0 spiro atoms. The number of rotatable bonds is 1. The Morgan fingerprint density at radius 1 is 1.41 bits per heavy atom. The van der Waals surface area contributed by atoms with E-state index in [0.29, 0.717) is 0 Å². The van der Waals surface area contributed by atoms with Gasteiger partial charge < -0.3 is 15.4 Å². The fraction of sp³-hybridized carbons (Fsp3) is 0.833. The predicted octanol–water partition coefficient (Wildman–Crippen LogP) is 1.18. The molecule has 5 heteroatoms. The highest BCUT2D eigenvalue weighted by Crippen LogP contribution is 2.32. The Morgan fingerprint density at radius 3 is 2.76 bits per heavy atom. The van der Waals surface area contributed by atoms with Gasteiger partial charge in [-0.15, -0.1) is 0 Å². The summed E-state index contributed by atoms with van der Waals surface area (Å²) in [6.07, 6.45) is 2.61. The van der Waals surface area contributed by atoms with Gasteiger partial charge in [0.05, 0.1) is 0 Å². The Bertz CT molecular complexity index is 335. The van der Waals surface area contributed by atoms with Crippen LogP contribution in [0.25, 0.3) is 0 Å². The molecule has 0 unspecified atom stereocenters. The number of amides is 2. The van der Waals surface area contributed by atoms with E-state index in [2.05, 4.69) is 10.6 Å². The van der Waals surface area contributed by atoms with Crippen LogP contribution in [0.2, 0.25) is 0 Å². The molecule has 96 valence electrons. The van der Waals surface area contributed by atoms with Gasteiger partial charge in [0.2, 0.25) is 5.91 Å². The molecule has 0 bridgehead atoms. The summed E-state index contributed by atoms with van der Waals surface area (Å²) >= 11 is 0. The number of alkyl carbamates (subject to hydrolysis) is 1. The summed E-state index contributed by atoms with van der Waals surface area (Å²) in [5, 5.41) is 5.61. The largest absolute Gasteiger partial charge is 0.444 e. The zero-order valence-electron chi connectivity index (χ0n) is 10.6. The van der Waals surface area contributed by atoms with Crippen molar-refractivity contribution in [3.05, 3.63) is 0 Å². The third-order valence-corrected chi connectivity index (χ3v) is 3.28. The van der Waals surface area contributed by atoms with E-state index in [4.69, 9.17) is 4.74 Å². The molecule has 17 heavy (non-hydrogen) atoms. The van der Waals surface area contributed by atoms with Crippen molar-refractivity contribution in [2.24, 2.45) is 5.92 Å². The summed E-state index contributed by atoms with van der Waals surface area (Å²) in [5.41, 5.74) is -0.533. The van der Waals surface area contributed by atoms with E-state index in [1.165, 1.54) is 0 Å². The van der Waals surface area contributed by atoms with Crippen molar-refractivity contribution in [3.8, 4) is 0 Å². The van der Waals surface area contributed by atoms with E-state index in [1.54, 1.807) is 20.8 Å². The molecule has 1 aliphatic carbocycles. The Kier molecular flexibility index (Phi) is 3.02. The summed E-state index contributed by atoms with van der Waals surface area (Å²) in [5.74, 6) is 0.153. The van der Waals surface area contributed by atoms with Crippen molar-refractivity contribution in [2.45, 2.75) is 57.7 Å². The molecule has 1 saturated heterocycles. The van der Waals surface area contributed by atoms with Crippen LogP contribution >= 0.6 is 0 Å². The van der Waals surface area contributed by atoms with Crippen LogP contribution in [-0.2, 0) is 9.53 Å². The van der Waals surface area contributed by atoms with E-state index >= 15 is 0 Å². The molecule has 1 heterocycles. The molecule has 5 nitrogen and oxygen atoms in total. The molecular formula is C12H20N2O3. The van der Waals surface area contributed by atoms with E-state index in [9.17, 15) is 9.59 Å². The second-order valence-corrected chi connectivity index (χ2v) is 5.83. The molecule has 2 amide bonds. The van der Waals surface area contributed by atoms with Gasteiger partial charge in [0.1, 0.15) is 11.6 Å². The molecule has 2 rings (SSSR count). The third kappa shape index (κ3) is 2.70. The molecule has 0 aromatic rings. The number of ether oxygens (including phenoxy) is 1. The predicted molar refractivity (Wildman–Crippen MR) is 62.4 cm³/mol. The monoisotopic (exact) mass is 240 g/mol. The van der Waals surface area contributed by atoms with E-state index in [1.807, 2.05) is 0 Å². The van der Waals surface area contributed by atoms with Gasteiger partial charge in [-0.2, -0.15) is 0 Å². The molecule has 1 saturated carbocycles. The molecule has 3 atom stereocenters. The normalized spacial score (nSPS) is 31.9. The maximum absolute atomic E-state index is 11.7. The van der Waals surface area contributed by atoms with Crippen LogP contribution in [0.1, 0.15) is 40.0 Å². The van der Waals surface area contributed by atoms with Crippen molar-refractivity contribution >= 4 is 12.0 Å². The average molecular weight is 240 g/mol. The van der Waals surface area contributed by atoms with Crippen LogP contribution in [0.15, 0.2) is 0 Å². The van der Waals surface area contributed by atoms with Crippen LogP contribution in [0.5, 0.6) is 0 Å². The molecule has 0 aromatic heterocycles. The average Bonchev–Trinajstić information content (AvgIpc) is 2.67. The maximum atomic E-state index is 11.7. The first-order valence-electron chi connectivity index (χ1n) is 6.17. The topological polar surface area (TPSA) is 67.4 Å². The smallest absolute Gasteiger partial charge is 0.408 e. The lowest BCUT2D eigenvalue weighted by Gasteiger charge is -2.22. The van der Waals surface area contributed by atoms with Crippen LogP contribution in [0.3, 0.4) is 0 Å². The molecule has 1 aliphatic heterocycles. The molecule has 0 aromatic carbocycles. The first-order valence-corrected chi connectivity index (χ1v) is 6.17. The SMILES string of the molecule is CC(C)(C)OC(=O)N[C@H]1C(=O)N[C@H]2CCC[C@H]21. The summed E-state index contributed by atoms with van der Waals surface area (Å²) in [6, 6.07) is -0.181. The van der Waals surface area contributed by atoms with Gasteiger partial charge in [-0.3, -0.25) is 4.79 Å². The number of fused-ring (bicyclic) bond motifs is 1. The number of hydrogen-bond acceptors (Lipinski definition) is 3. The summed E-state index contributed by atoms with van der Waals surface area (Å²) in [6.45, 7) is 5.42. The van der Waals surface area contributed by atoms with Gasteiger partial charge >= 0.3 is 6.09 Å². The van der Waals surface area contributed by atoms with E-state index < -0.39 is 17.7 Å². The van der Waals surface area contributed by atoms with E-state index in [-0.39, 0.29) is 17.9 Å². The quantitative estimate of drug-likeness (QED) is 0.723. The first kappa shape index (κ1) is 12.2. The van der Waals surface area contributed by atoms with Crippen molar-refractivity contribution in [3.63, 3.8) is 0 Å². The van der Waals surface area contributed by atoms with E-state index in [0.717, 1.165) is 19.3 Å². The van der Waals surface area contributed by atoms with Crippen LogP contribution in [-0.4, -0.2) is 29.7 Å². The lowest BCUT2D eigenvalue weighted by Crippen LogP contribution is -2.45. The highest BCUT2D eigenvalue weighted by Gasteiger charge is 2.45. The van der Waals surface area contributed by atoms with Crippen LogP contribution in [0.4, 0.5) is 4.79 Å². The molecule has 2 fully saturated rings. The zero-order valence-corrected chi connectivity index (χ0v) is 10.6. The fourth-order valence-electron chi connectivity index (χ4n) is 2.64. The lowest BCUT2D eigenvalue weighted by atomic mass is 9.99. The second kappa shape index (κ2) is 4.20. The van der Waals surface area contributed by atoms with Crippen molar-refractivity contribution in [2.75, 3.05) is 0 Å². The minimum absolute atomic E-state index is 0.0782. The molecule has 2 N–H and O–H groups in total. The number of hydrogen-bond donors (Lipinski definition) is 2. The molecule has 0 radical (unpaired) electrons.